The quantitative estimate of drug-likeness (QED) is 0.690. The molecule has 5 nitrogen and oxygen atoms in total. The van der Waals surface area contributed by atoms with Crippen LogP contribution >= 0.6 is 11.3 Å². The van der Waals surface area contributed by atoms with E-state index in [4.69, 9.17) is 10.5 Å². The second-order valence-corrected chi connectivity index (χ2v) is 6.54. The number of fused-ring (bicyclic) bond motifs is 1. The molecule has 0 unspecified atom stereocenters. The summed E-state index contributed by atoms with van der Waals surface area (Å²) >= 11 is 1.23. The van der Waals surface area contributed by atoms with Crippen molar-refractivity contribution in [2.24, 2.45) is 5.73 Å². The third-order valence-corrected chi connectivity index (χ3v) is 4.89. The van der Waals surface area contributed by atoms with Crippen LogP contribution in [-0.4, -0.2) is 22.9 Å². The summed E-state index contributed by atoms with van der Waals surface area (Å²) in [5.41, 5.74) is 5.57. The number of hydrogen-bond donors (Lipinski definition) is 1. The number of carbonyl (C=O) groups excluding carboxylic acids is 1. The molecule has 0 bridgehead atoms. The zero-order valence-electron chi connectivity index (χ0n) is 13.8. The number of aromatic nitrogens is 2. The molecule has 2 N–H and O–H groups in total. The van der Waals surface area contributed by atoms with Gasteiger partial charge in [-0.05, 0) is 24.3 Å². The average molecular weight is 381 g/mol. The molecule has 0 saturated heterocycles. The minimum absolute atomic E-state index is 0.0775. The van der Waals surface area contributed by atoms with Gasteiger partial charge in [0.05, 0.1) is 7.11 Å². The van der Waals surface area contributed by atoms with Crippen molar-refractivity contribution in [2.75, 3.05) is 7.11 Å². The molecule has 3 rings (SSSR count). The molecule has 0 spiro atoms. The molecule has 2 aromatic heterocycles. The number of nitrogens with two attached hydrogens (primary N) is 1. The fourth-order valence-electron chi connectivity index (χ4n) is 2.58. The molecular formula is C17H14F3N3O2S. The number of nitrogens with zero attached hydrogens (tertiary/aromatic N) is 2. The van der Waals surface area contributed by atoms with Gasteiger partial charge in [0.15, 0.2) is 5.78 Å². The van der Waals surface area contributed by atoms with Crippen LogP contribution in [0.15, 0.2) is 24.3 Å². The lowest BCUT2D eigenvalue weighted by Crippen LogP contribution is -2.08. The Morgan fingerprint density at radius 1 is 1.23 bits per heavy atom. The zero-order chi connectivity index (χ0) is 19.1. The van der Waals surface area contributed by atoms with Crippen molar-refractivity contribution in [1.82, 2.24) is 9.97 Å². The van der Waals surface area contributed by atoms with E-state index in [0.29, 0.717) is 20.8 Å². The van der Waals surface area contributed by atoms with E-state index in [1.54, 1.807) is 6.07 Å². The number of halogens is 3. The number of hydrogen-bond acceptors (Lipinski definition) is 6. The molecule has 0 amide bonds. The van der Waals surface area contributed by atoms with Crippen LogP contribution in [0, 0.1) is 0 Å². The van der Waals surface area contributed by atoms with Gasteiger partial charge < -0.3 is 10.5 Å². The van der Waals surface area contributed by atoms with Gasteiger partial charge in [0.25, 0.3) is 0 Å². The van der Waals surface area contributed by atoms with E-state index in [1.807, 2.05) is 0 Å². The van der Waals surface area contributed by atoms with E-state index >= 15 is 0 Å². The molecule has 0 aliphatic carbocycles. The van der Waals surface area contributed by atoms with Gasteiger partial charge in [-0.2, -0.15) is 13.2 Å². The van der Waals surface area contributed by atoms with E-state index in [1.165, 1.54) is 37.5 Å². The number of carbonyl (C=O) groups is 1. The summed E-state index contributed by atoms with van der Waals surface area (Å²) < 4.78 is 44.2. The minimum atomic E-state index is -4.56. The highest BCUT2D eigenvalue weighted by molar-refractivity contribution is 7.15. The highest BCUT2D eigenvalue weighted by Crippen LogP contribution is 2.38. The summed E-state index contributed by atoms with van der Waals surface area (Å²) in [6, 6.07) is 5.45. The predicted octanol–water partition coefficient (Wildman–Crippen LogP) is 4.05. The Bertz CT molecular complexity index is 999. The Morgan fingerprint density at radius 3 is 2.50 bits per heavy atom. The maximum absolute atomic E-state index is 13.0. The number of rotatable bonds is 4. The Labute approximate surface area is 150 Å². The molecule has 26 heavy (non-hydrogen) atoms. The maximum atomic E-state index is 13.0. The molecule has 3 aromatic rings. The van der Waals surface area contributed by atoms with Crippen LogP contribution in [0.2, 0.25) is 0 Å². The van der Waals surface area contributed by atoms with Crippen molar-refractivity contribution < 1.29 is 22.7 Å². The van der Waals surface area contributed by atoms with Crippen molar-refractivity contribution in [3.8, 4) is 16.3 Å². The number of Topliss-reactive ketones (excluding diaryl/α,β-unsaturated/α-hetero) is 1. The lowest BCUT2D eigenvalue weighted by atomic mass is 10.1. The number of benzene rings is 1. The molecule has 0 radical (unpaired) electrons. The van der Waals surface area contributed by atoms with Gasteiger partial charge in [-0.3, -0.25) is 4.79 Å². The van der Waals surface area contributed by atoms with Gasteiger partial charge in [-0.1, -0.05) is 0 Å². The third-order valence-electron chi connectivity index (χ3n) is 3.78. The molecule has 9 heteroatoms. The summed E-state index contributed by atoms with van der Waals surface area (Å²) in [5, 5.41) is 0.939. The first-order valence-corrected chi connectivity index (χ1v) is 8.34. The van der Waals surface area contributed by atoms with Crippen LogP contribution in [0.4, 0.5) is 13.2 Å². The first-order chi connectivity index (χ1) is 12.3. The normalized spacial score (nSPS) is 11.8. The average Bonchev–Trinajstić information content (AvgIpc) is 3.04. The lowest BCUT2D eigenvalue weighted by molar-refractivity contribution is -0.140. The first-order valence-electron chi connectivity index (χ1n) is 7.52. The molecule has 0 atom stereocenters. The number of methoxy groups -OCH3 is 1. The predicted molar refractivity (Wildman–Crippen MR) is 92.3 cm³/mol. The molecule has 136 valence electrons. The Balaban J connectivity index is 2.26. The van der Waals surface area contributed by atoms with E-state index in [0.717, 1.165) is 6.07 Å². The van der Waals surface area contributed by atoms with Crippen LogP contribution in [0.5, 0.6) is 5.75 Å². The Kier molecular flexibility index (Phi) is 4.68. The van der Waals surface area contributed by atoms with Crippen LogP contribution in [0.1, 0.15) is 28.0 Å². The SMILES string of the molecule is COc1ccc(-c2nc(C(C)=O)c(CN)s2)c2ccc(C(F)(F)F)nc12. The number of ether oxygens (including phenoxy) is 1. The zero-order valence-corrected chi connectivity index (χ0v) is 14.7. The fourth-order valence-corrected chi connectivity index (χ4v) is 3.61. The number of thiazole rings is 1. The Hall–Kier alpha value is -2.52. The Morgan fingerprint density at radius 2 is 1.96 bits per heavy atom. The van der Waals surface area contributed by atoms with E-state index in [2.05, 4.69) is 9.97 Å². The molecule has 0 aliphatic rings. The summed E-state index contributed by atoms with van der Waals surface area (Å²) in [6.07, 6.45) is -4.56. The highest BCUT2D eigenvalue weighted by atomic mass is 32.1. The number of ketones is 1. The maximum Gasteiger partial charge on any atom is 0.433 e. The summed E-state index contributed by atoms with van der Waals surface area (Å²) in [5.74, 6) is 0.000459. The monoisotopic (exact) mass is 381 g/mol. The van der Waals surface area contributed by atoms with Crippen molar-refractivity contribution in [3.05, 3.63) is 40.5 Å². The van der Waals surface area contributed by atoms with Crippen molar-refractivity contribution in [1.29, 1.82) is 0 Å². The topological polar surface area (TPSA) is 78.1 Å². The largest absolute Gasteiger partial charge is 0.494 e. The molecular weight excluding hydrogens is 367 g/mol. The minimum Gasteiger partial charge on any atom is -0.494 e. The second kappa shape index (κ2) is 6.65. The van der Waals surface area contributed by atoms with Gasteiger partial charge in [-0.15, -0.1) is 11.3 Å². The van der Waals surface area contributed by atoms with Crippen LogP contribution < -0.4 is 10.5 Å². The second-order valence-electron chi connectivity index (χ2n) is 5.46. The van der Waals surface area contributed by atoms with Gasteiger partial charge in [0.1, 0.15) is 27.7 Å². The van der Waals surface area contributed by atoms with Crippen molar-refractivity contribution in [3.63, 3.8) is 0 Å². The first kappa shape index (κ1) is 18.3. The number of pyridine rings is 1. The molecule has 0 fully saturated rings. The summed E-state index contributed by atoms with van der Waals surface area (Å²) in [4.78, 5) is 20.4. The molecule has 1 aromatic carbocycles. The van der Waals surface area contributed by atoms with Gasteiger partial charge >= 0.3 is 6.18 Å². The van der Waals surface area contributed by atoms with E-state index < -0.39 is 11.9 Å². The van der Waals surface area contributed by atoms with Gasteiger partial charge in [0.2, 0.25) is 0 Å². The number of alkyl halides is 3. The third kappa shape index (κ3) is 3.15. The van der Waals surface area contributed by atoms with Crippen molar-refractivity contribution >= 4 is 28.0 Å². The van der Waals surface area contributed by atoms with Crippen molar-refractivity contribution in [2.45, 2.75) is 19.6 Å². The van der Waals surface area contributed by atoms with Gasteiger partial charge in [0, 0.05) is 29.3 Å². The van der Waals surface area contributed by atoms with Crippen LogP contribution in [-0.2, 0) is 12.7 Å². The van der Waals surface area contributed by atoms with E-state index in [9.17, 15) is 18.0 Å². The van der Waals surface area contributed by atoms with Crippen LogP contribution in [0.25, 0.3) is 21.5 Å². The molecule has 2 heterocycles. The molecule has 0 aliphatic heterocycles. The standard InChI is InChI=1S/C17H14F3N3O2S/c1-8(24)14-12(7-21)26-16(23-14)10-3-5-11(25-2)15-9(10)4-6-13(22-15)17(18,19)20/h3-6H,7,21H2,1-2H3. The summed E-state index contributed by atoms with van der Waals surface area (Å²) in [6.45, 7) is 1.54. The van der Waals surface area contributed by atoms with Gasteiger partial charge in [-0.25, -0.2) is 9.97 Å². The molecule has 0 saturated carbocycles. The fraction of sp³-hybridized carbons (Fsp3) is 0.235. The highest BCUT2D eigenvalue weighted by Gasteiger charge is 2.33. The lowest BCUT2D eigenvalue weighted by Gasteiger charge is -2.11. The van der Waals surface area contributed by atoms with Crippen LogP contribution in [0.3, 0.4) is 0 Å². The smallest absolute Gasteiger partial charge is 0.433 e. The van der Waals surface area contributed by atoms with E-state index in [-0.39, 0.29) is 29.3 Å². The summed E-state index contributed by atoms with van der Waals surface area (Å²) in [7, 11) is 1.36.